The SMILES string of the molecule is O=C1CSc2ccc(C(=O)N(Cc3cccs3)Cc3cccs3)cc2N1. The van der Waals surface area contributed by atoms with Gasteiger partial charge in [0.2, 0.25) is 5.91 Å². The van der Waals surface area contributed by atoms with Crippen molar-refractivity contribution in [3.8, 4) is 0 Å². The van der Waals surface area contributed by atoms with Gasteiger partial charge in [-0.1, -0.05) is 12.1 Å². The number of nitrogens with one attached hydrogen (secondary N) is 1. The fraction of sp³-hybridized carbons (Fsp3) is 0.158. The van der Waals surface area contributed by atoms with Gasteiger partial charge in [0.1, 0.15) is 0 Å². The molecule has 132 valence electrons. The van der Waals surface area contributed by atoms with Crippen LogP contribution in [0.25, 0.3) is 0 Å². The second-order valence-electron chi connectivity index (χ2n) is 5.87. The van der Waals surface area contributed by atoms with Crippen LogP contribution in [0.4, 0.5) is 5.69 Å². The highest BCUT2D eigenvalue weighted by Gasteiger charge is 2.21. The highest BCUT2D eigenvalue weighted by atomic mass is 32.2. The number of rotatable bonds is 5. The molecule has 0 saturated heterocycles. The Kier molecular flexibility index (Phi) is 5.10. The molecule has 0 bridgehead atoms. The third-order valence-electron chi connectivity index (χ3n) is 4.00. The Balaban J connectivity index is 1.61. The van der Waals surface area contributed by atoms with Crippen LogP contribution in [0.1, 0.15) is 20.1 Å². The van der Waals surface area contributed by atoms with E-state index in [-0.39, 0.29) is 11.8 Å². The largest absolute Gasteiger partial charge is 0.328 e. The van der Waals surface area contributed by atoms with Crippen LogP contribution in [-0.2, 0) is 17.9 Å². The molecule has 0 atom stereocenters. The van der Waals surface area contributed by atoms with E-state index in [1.54, 1.807) is 28.7 Å². The van der Waals surface area contributed by atoms with Gasteiger partial charge in [0.25, 0.3) is 5.91 Å². The Labute approximate surface area is 163 Å². The summed E-state index contributed by atoms with van der Waals surface area (Å²) in [5, 5.41) is 6.90. The molecule has 1 N–H and O–H groups in total. The molecule has 0 spiro atoms. The van der Waals surface area contributed by atoms with Crippen LogP contribution < -0.4 is 5.32 Å². The summed E-state index contributed by atoms with van der Waals surface area (Å²) in [7, 11) is 0. The first-order valence-electron chi connectivity index (χ1n) is 8.10. The van der Waals surface area contributed by atoms with Crippen molar-refractivity contribution in [2.75, 3.05) is 11.1 Å². The van der Waals surface area contributed by atoms with Crippen LogP contribution in [0.15, 0.2) is 58.1 Å². The highest BCUT2D eigenvalue weighted by molar-refractivity contribution is 8.00. The van der Waals surface area contributed by atoms with Gasteiger partial charge >= 0.3 is 0 Å². The minimum absolute atomic E-state index is 0.0267. The lowest BCUT2D eigenvalue weighted by Crippen LogP contribution is -2.30. The maximum atomic E-state index is 13.2. The standard InChI is InChI=1S/C19H16N2O2S3/c22-18-12-26-17-6-5-13(9-16(17)20-18)19(23)21(10-14-3-1-7-24-14)11-15-4-2-8-25-15/h1-9H,10-12H2,(H,20,22). The molecule has 0 radical (unpaired) electrons. The third-order valence-corrected chi connectivity index (χ3v) is 6.80. The fourth-order valence-electron chi connectivity index (χ4n) is 2.78. The van der Waals surface area contributed by atoms with E-state index in [2.05, 4.69) is 5.32 Å². The molecular formula is C19H16N2O2S3. The summed E-state index contributed by atoms with van der Waals surface area (Å²) in [5.41, 5.74) is 1.32. The molecule has 0 fully saturated rings. The number of hydrogen-bond acceptors (Lipinski definition) is 5. The van der Waals surface area contributed by atoms with E-state index >= 15 is 0 Å². The van der Waals surface area contributed by atoms with Crippen LogP contribution in [-0.4, -0.2) is 22.5 Å². The Morgan fingerprint density at radius 3 is 2.35 bits per heavy atom. The molecule has 1 aromatic carbocycles. The smallest absolute Gasteiger partial charge is 0.254 e. The molecule has 1 aliphatic rings. The van der Waals surface area contributed by atoms with Crippen molar-refractivity contribution in [3.63, 3.8) is 0 Å². The van der Waals surface area contributed by atoms with Crippen molar-refractivity contribution in [2.24, 2.45) is 0 Å². The van der Waals surface area contributed by atoms with E-state index in [4.69, 9.17) is 0 Å². The molecule has 0 aliphatic carbocycles. The number of carbonyl (C=O) groups excluding carboxylic acids is 2. The monoisotopic (exact) mass is 400 g/mol. The van der Waals surface area contributed by atoms with Gasteiger partial charge in [-0.05, 0) is 41.1 Å². The van der Waals surface area contributed by atoms with E-state index in [1.165, 1.54) is 11.8 Å². The van der Waals surface area contributed by atoms with Crippen LogP contribution in [0, 0.1) is 0 Å². The van der Waals surface area contributed by atoms with Crippen LogP contribution in [0.2, 0.25) is 0 Å². The summed E-state index contributed by atoms with van der Waals surface area (Å²) in [6, 6.07) is 13.6. The molecule has 4 nitrogen and oxygen atoms in total. The lowest BCUT2D eigenvalue weighted by atomic mass is 10.1. The number of carbonyl (C=O) groups is 2. The third kappa shape index (κ3) is 3.85. The Bertz CT molecular complexity index is 884. The first kappa shape index (κ1) is 17.3. The lowest BCUT2D eigenvalue weighted by Gasteiger charge is -2.23. The highest BCUT2D eigenvalue weighted by Crippen LogP contribution is 2.32. The van der Waals surface area contributed by atoms with Gasteiger partial charge in [0.05, 0.1) is 24.5 Å². The molecule has 26 heavy (non-hydrogen) atoms. The molecule has 2 aromatic heterocycles. The van der Waals surface area contributed by atoms with Gasteiger partial charge in [0.15, 0.2) is 0 Å². The molecule has 3 aromatic rings. The van der Waals surface area contributed by atoms with Crippen LogP contribution >= 0.6 is 34.4 Å². The van der Waals surface area contributed by atoms with Gasteiger partial charge in [-0.2, -0.15) is 0 Å². The predicted octanol–water partition coefficient (Wildman–Crippen LogP) is 4.70. The lowest BCUT2D eigenvalue weighted by molar-refractivity contribution is -0.113. The summed E-state index contributed by atoms with van der Waals surface area (Å²) in [4.78, 5) is 30.0. The van der Waals surface area contributed by atoms with Crippen molar-refractivity contribution >= 4 is 51.9 Å². The number of thiophene rings is 2. The molecule has 0 saturated carbocycles. The molecule has 3 heterocycles. The van der Waals surface area contributed by atoms with E-state index in [1.807, 2.05) is 52.1 Å². The quantitative estimate of drug-likeness (QED) is 0.676. The summed E-state index contributed by atoms with van der Waals surface area (Å²) in [6.07, 6.45) is 0. The predicted molar refractivity (Wildman–Crippen MR) is 108 cm³/mol. The molecule has 1 aliphatic heterocycles. The zero-order valence-electron chi connectivity index (χ0n) is 13.8. The number of nitrogens with zero attached hydrogens (tertiary/aromatic N) is 1. The summed E-state index contributed by atoms with van der Waals surface area (Å²) in [6.45, 7) is 1.15. The van der Waals surface area contributed by atoms with Crippen molar-refractivity contribution in [1.29, 1.82) is 0 Å². The van der Waals surface area contributed by atoms with Gasteiger partial charge in [-0.15, -0.1) is 34.4 Å². The average Bonchev–Trinajstić information content (AvgIpc) is 3.34. The van der Waals surface area contributed by atoms with Gasteiger partial charge in [-0.25, -0.2) is 0 Å². The topological polar surface area (TPSA) is 49.4 Å². The fourth-order valence-corrected chi connectivity index (χ4v) is 5.01. The second kappa shape index (κ2) is 7.65. The minimum atomic E-state index is -0.0283. The maximum absolute atomic E-state index is 13.2. The van der Waals surface area contributed by atoms with Gasteiger partial charge in [-0.3, -0.25) is 9.59 Å². The summed E-state index contributed by atoms with van der Waals surface area (Å²) in [5.74, 6) is 0.365. The van der Waals surface area contributed by atoms with Crippen molar-refractivity contribution in [2.45, 2.75) is 18.0 Å². The first-order valence-corrected chi connectivity index (χ1v) is 10.8. The zero-order chi connectivity index (χ0) is 17.9. The molecule has 0 unspecified atom stereocenters. The zero-order valence-corrected chi connectivity index (χ0v) is 16.3. The summed E-state index contributed by atoms with van der Waals surface area (Å²) >= 11 is 4.80. The first-order chi connectivity index (χ1) is 12.7. The van der Waals surface area contributed by atoms with E-state index in [9.17, 15) is 9.59 Å². The van der Waals surface area contributed by atoms with Crippen molar-refractivity contribution in [1.82, 2.24) is 4.90 Å². The average molecular weight is 401 g/mol. The number of benzene rings is 1. The number of fused-ring (bicyclic) bond motifs is 1. The molecule has 7 heteroatoms. The second-order valence-corrected chi connectivity index (χ2v) is 8.95. The maximum Gasteiger partial charge on any atom is 0.254 e. The van der Waals surface area contributed by atoms with E-state index in [0.29, 0.717) is 24.4 Å². The summed E-state index contributed by atoms with van der Waals surface area (Å²) < 4.78 is 0. The van der Waals surface area contributed by atoms with Gasteiger partial charge < -0.3 is 10.2 Å². The number of hydrogen-bond donors (Lipinski definition) is 1. The Morgan fingerprint density at radius 1 is 1.04 bits per heavy atom. The van der Waals surface area contributed by atoms with Gasteiger partial charge in [0, 0.05) is 20.2 Å². The molecule has 2 amide bonds. The van der Waals surface area contributed by atoms with E-state index in [0.717, 1.165) is 20.3 Å². The van der Waals surface area contributed by atoms with E-state index < -0.39 is 0 Å². The van der Waals surface area contributed by atoms with Crippen LogP contribution in [0.5, 0.6) is 0 Å². The Hall–Kier alpha value is -2.09. The number of thioether (sulfide) groups is 1. The Morgan fingerprint density at radius 2 is 1.73 bits per heavy atom. The van der Waals surface area contributed by atoms with Crippen LogP contribution in [0.3, 0.4) is 0 Å². The minimum Gasteiger partial charge on any atom is -0.328 e. The number of amides is 2. The number of anilines is 1. The van der Waals surface area contributed by atoms with Crippen molar-refractivity contribution < 1.29 is 9.59 Å². The normalized spacial score (nSPS) is 13.2. The van der Waals surface area contributed by atoms with Crippen molar-refractivity contribution in [3.05, 3.63) is 68.5 Å². The molecular weight excluding hydrogens is 384 g/mol. The molecule has 4 rings (SSSR count).